The highest BCUT2D eigenvalue weighted by molar-refractivity contribution is 6.15. The zero-order valence-corrected chi connectivity index (χ0v) is 33.3. The molecule has 0 N–H and O–H groups in total. The van der Waals surface area contributed by atoms with Gasteiger partial charge < -0.3 is 9.32 Å². The summed E-state index contributed by atoms with van der Waals surface area (Å²) in [4.78, 5) is 1.39. The first kappa shape index (κ1) is 28.3. The van der Waals surface area contributed by atoms with E-state index in [2.05, 4.69) is 18.2 Å². The van der Waals surface area contributed by atoms with E-state index in [1.807, 2.05) is 152 Å². The lowest BCUT2D eigenvalue weighted by Gasteiger charge is -2.28. The summed E-state index contributed by atoms with van der Waals surface area (Å²) in [7, 11) is 0. The van der Waals surface area contributed by atoms with Gasteiger partial charge in [-0.25, -0.2) is 0 Å². The molecule has 12 rings (SSSR count). The number of hydrogen-bond acceptors (Lipinski definition) is 2. The van der Waals surface area contributed by atoms with Gasteiger partial charge in [-0.15, -0.1) is 0 Å². The molecule has 0 amide bonds. The average molecular weight is 798 g/mol. The summed E-state index contributed by atoms with van der Waals surface area (Å²) in [6, 6.07) is 57.1. The molecule has 290 valence electrons. The monoisotopic (exact) mass is 797 g/mol. The van der Waals surface area contributed by atoms with E-state index in [0.717, 1.165) is 70.9 Å². The summed E-state index contributed by atoms with van der Waals surface area (Å²) in [6.07, 6.45) is 0. The lowest BCUT2D eigenvalue weighted by atomic mass is 9.96. The predicted molar refractivity (Wildman–Crippen MR) is 263 cm³/mol. The molecule has 0 atom stereocenters. The molecule has 0 aliphatic heterocycles. The van der Waals surface area contributed by atoms with Crippen LogP contribution in [0.4, 0.5) is 17.1 Å². The molecule has 0 radical (unpaired) electrons. The number of para-hydroxylation sites is 2. The highest BCUT2D eigenvalue weighted by Gasteiger charge is 2.19. The molecular formula is C60H39NO. The zero-order chi connectivity index (χ0) is 47.9. The van der Waals surface area contributed by atoms with Gasteiger partial charge in [-0.2, -0.15) is 0 Å². The Labute approximate surface area is 371 Å². The van der Waals surface area contributed by atoms with Crippen LogP contribution in [0.5, 0.6) is 0 Å². The van der Waals surface area contributed by atoms with Crippen molar-refractivity contribution in [2.75, 3.05) is 4.90 Å². The van der Waals surface area contributed by atoms with Gasteiger partial charge in [-0.3, -0.25) is 0 Å². The highest BCUT2D eigenvalue weighted by Crippen LogP contribution is 2.44. The molecule has 1 aromatic heterocycles. The Morgan fingerprint density at radius 3 is 1.55 bits per heavy atom. The summed E-state index contributed by atoms with van der Waals surface area (Å²) in [5.41, 5.74) is 5.91. The van der Waals surface area contributed by atoms with Crippen molar-refractivity contribution in [3.05, 3.63) is 236 Å². The number of nitrogens with zero attached hydrogens (tertiary/aromatic N) is 1. The second kappa shape index (κ2) is 14.8. The quantitative estimate of drug-likeness (QED) is 0.160. The van der Waals surface area contributed by atoms with E-state index < -0.39 is 24.2 Å². The number of anilines is 3. The molecule has 1 heterocycles. The maximum atomic E-state index is 9.78. The maximum Gasteiger partial charge on any atom is 0.143 e. The normalized spacial score (nSPS) is 13.4. The molecule has 0 saturated carbocycles. The Bertz CT molecular complexity index is 4060. The van der Waals surface area contributed by atoms with Crippen LogP contribution < -0.4 is 4.90 Å². The Kier molecular flexibility index (Phi) is 6.76. The molecule has 2 nitrogen and oxygen atoms in total. The van der Waals surface area contributed by atoms with Gasteiger partial charge in [0.25, 0.3) is 0 Å². The molecule has 11 aromatic carbocycles. The number of rotatable bonds is 7. The third-order valence-corrected chi connectivity index (χ3v) is 11.8. The summed E-state index contributed by atoms with van der Waals surface area (Å²) in [5.74, 6) is 0. The first-order valence-electron chi connectivity index (χ1n) is 24.6. The van der Waals surface area contributed by atoms with Crippen LogP contribution in [0.1, 0.15) is 11.0 Å². The van der Waals surface area contributed by atoms with E-state index in [0.29, 0.717) is 22.4 Å². The number of furan rings is 1. The smallest absolute Gasteiger partial charge is 0.143 e. The van der Waals surface area contributed by atoms with Gasteiger partial charge in [0.2, 0.25) is 0 Å². The summed E-state index contributed by atoms with van der Waals surface area (Å²) >= 11 is 0. The number of hydrogen-bond donors (Lipinski definition) is 0. The van der Waals surface area contributed by atoms with Crippen molar-refractivity contribution >= 4 is 71.3 Å². The molecule has 0 saturated heterocycles. The predicted octanol–water partition coefficient (Wildman–Crippen LogP) is 17.2. The molecule has 0 spiro atoms. The van der Waals surface area contributed by atoms with E-state index in [-0.39, 0.29) is 46.7 Å². The van der Waals surface area contributed by atoms with E-state index in [1.165, 1.54) is 4.90 Å². The van der Waals surface area contributed by atoms with Crippen LogP contribution in [0.15, 0.2) is 241 Å². The molecule has 0 unspecified atom stereocenters. The fourth-order valence-corrected chi connectivity index (χ4v) is 8.80. The van der Waals surface area contributed by atoms with Crippen LogP contribution in [0.25, 0.3) is 98.8 Å². The van der Waals surface area contributed by atoms with Crippen molar-refractivity contribution in [2.24, 2.45) is 0 Å². The van der Waals surface area contributed by atoms with Gasteiger partial charge in [-0.05, 0) is 120 Å². The van der Waals surface area contributed by atoms with Gasteiger partial charge >= 0.3 is 0 Å². The van der Waals surface area contributed by atoms with Gasteiger partial charge in [0.15, 0.2) is 0 Å². The van der Waals surface area contributed by atoms with Gasteiger partial charge in [0.05, 0.1) is 16.7 Å². The van der Waals surface area contributed by atoms with E-state index in [1.54, 1.807) is 18.2 Å². The zero-order valence-electron chi connectivity index (χ0n) is 41.3. The summed E-state index contributed by atoms with van der Waals surface area (Å²) in [5, 5.41) is 7.60. The van der Waals surface area contributed by atoms with Crippen molar-refractivity contribution in [3.8, 4) is 44.5 Å². The molecule has 0 fully saturated rings. The van der Waals surface area contributed by atoms with Crippen molar-refractivity contribution in [1.29, 1.82) is 0 Å². The molecule has 0 aliphatic rings. The Balaban J connectivity index is 1.07. The molecule has 2 heteroatoms. The molecule has 12 aromatic rings. The van der Waals surface area contributed by atoms with Gasteiger partial charge in [-0.1, -0.05) is 182 Å². The van der Waals surface area contributed by atoms with Crippen LogP contribution >= 0.6 is 0 Å². The van der Waals surface area contributed by atoms with Crippen molar-refractivity contribution in [3.63, 3.8) is 0 Å². The lowest BCUT2D eigenvalue weighted by molar-refractivity contribution is 0.672. The SMILES string of the molecule is [2H]c1c([2H])c(N(c2ccccc2-c2ccc3c(ccc4c5ccccc5oc34)c2)c2c([2H])c([2H])c(-c3cccc4ccccc34)c([2H])c2[2H])c([2H])c([2H])c1-c1ccc(-c2cccc3ccccc23)cc1. The fourth-order valence-electron chi connectivity index (χ4n) is 8.80. The van der Waals surface area contributed by atoms with Crippen LogP contribution in [0.2, 0.25) is 0 Å². The second-order valence-electron chi connectivity index (χ2n) is 15.4. The molecule has 0 bridgehead atoms. The van der Waals surface area contributed by atoms with Crippen molar-refractivity contribution in [1.82, 2.24) is 0 Å². The van der Waals surface area contributed by atoms with Crippen molar-refractivity contribution < 1.29 is 15.4 Å². The third kappa shape index (κ3) is 6.12. The van der Waals surface area contributed by atoms with Crippen LogP contribution in [-0.2, 0) is 0 Å². The van der Waals surface area contributed by atoms with E-state index >= 15 is 0 Å². The minimum Gasteiger partial charge on any atom is -0.455 e. The number of fused-ring (bicyclic) bond motifs is 7. The standard InChI is InChI=1S/C60H39NO/c1-3-15-50-42(11-1)13-9-19-52(50)44-25-23-40(24-26-44)41-27-33-48(34-28-41)61(49-35-29-45(30-36-49)53-20-10-14-43-12-2-4-16-51(43)53)58-21-7-5-17-54(58)46-31-37-55-47(39-46)32-38-57-56-18-6-8-22-59(56)62-60(55)57/h1-39H/i27D,28D,29D,30D,33D,34D,35D,36D. The second-order valence-corrected chi connectivity index (χ2v) is 15.4. The Morgan fingerprint density at radius 1 is 0.323 bits per heavy atom. The molecule has 62 heavy (non-hydrogen) atoms. The Hall–Kier alpha value is -8.20. The fraction of sp³-hybridized carbons (Fsp3) is 0. The molecular weight excluding hydrogens is 751 g/mol. The topological polar surface area (TPSA) is 16.4 Å². The number of benzene rings is 11. The lowest BCUT2D eigenvalue weighted by Crippen LogP contribution is -2.11. The average Bonchev–Trinajstić information content (AvgIpc) is 3.79. The molecule has 0 aliphatic carbocycles. The third-order valence-electron chi connectivity index (χ3n) is 11.8. The van der Waals surface area contributed by atoms with Gasteiger partial charge in [0.1, 0.15) is 11.2 Å². The summed E-state index contributed by atoms with van der Waals surface area (Å²) in [6.45, 7) is 0. The summed E-state index contributed by atoms with van der Waals surface area (Å²) < 4.78 is 83.8. The van der Waals surface area contributed by atoms with E-state index in [9.17, 15) is 11.0 Å². The van der Waals surface area contributed by atoms with E-state index in [4.69, 9.17) is 4.42 Å². The van der Waals surface area contributed by atoms with Crippen LogP contribution in [0.3, 0.4) is 0 Å². The largest absolute Gasteiger partial charge is 0.455 e. The first-order valence-corrected chi connectivity index (χ1v) is 20.6. The minimum atomic E-state index is -0.412. The van der Waals surface area contributed by atoms with Crippen LogP contribution in [0, 0.1) is 0 Å². The maximum absolute atomic E-state index is 9.78. The highest BCUT2D eigenvalue weighted by atomic mass is 16.3. The minimum absolute atomic E-state index is 0.0914. The first-order chi connectivity index (χ1) is 34.1. The Morgan fingerprint density at radius 2 is 0.839 bits per heavy atom. The van der Waals surface area contributed by atoms with Crippen molar-refractivity contribution in [2.45, 2.75) is 0 Å². The van der Waals surface area contributed by atoms with Gasteiger partial charge in [0, 0.05) is 33.1 Å². The van der Waals surface area contributed by atoms with Crippen LogP contribution in [-0.4, -0.2) is 0 Å².